The average molecular weight is 406 g/mol. The molecule has 7 heteroatoms. The molecule has 4 heterocycles. The largest absolute Gasteiger partial charge is 0.376 e. The van der Waals surface area contributed by atoms with Crippen LogP contribution in [0.4, 0.5) is 0 Å². The van der Waals surface area contributed by atoms with Gasteiger partial charge in [0.1, 0.15) is 16.7 Å². The van der Waals surface area contributed by atoms with Crippen molar-refractivity contribution < 1.29 is 4.74 Å². The molecule has 0 radical (unpaired) electrons. The molecule has 1 saturated heterocycles. The molecule has 1 atom stereocenters. The van der Waals surface area contributed by atoms with Crippen LogP contribution in [0.3, 0.4) is 0 Å². The zero-order valence-electron chi connectivity index (χ0n) is 17.8. The lowest BCUT2D eigenvalue weighted by Gasteiger charge is -2.14. The fourth-order valence-electron chi connectivity index (χ4n) is 4.31. The van der Waals surface area contributed by atoms with Gasteiger partial charge in [-0.3, -0.25) is 9.36 Å². The minimum atomic E-state index is -0.0289. The number of nitrogens with zero attached hydrogens (tertiary/aromatic N) is 5. The molecule has 0 N–H and O–H groups in total. The molecule has 0 saturated carbocycles. The van der Waals surface area contributed by atoms with Gasteiger partial charge in [0.15, 0.2) is 11.3 Å². The highest BCUT2D eigenvalue weighted by Crippen LogP contribution is 2.27. The first-order chi connectivity index (χ1) is 14.5. The highest BCUT2D eigenvalue weighted by atomic mass is 16.5. The van der Waals surface area contributed by atoms with E-state index in [4.69, 9.17) is 19.7 Å². The lowest BCUT2D eigenvalue weighted by molar-refractivity contribution is 0.0986. The Labute approximate surface area is 174 Å². The summed E-state index contributed by atoms with van der Waals surface area (Å²) in [5, 5.41) is 0.565. The van der Waals surface area contributed by atoms with E-state index in [-0.39, 0.29) is 11.7 Å². The molecule has 156 valence electrons. The predicted octanol–water partition coefficient (Wildman–Crippen LogP) is 3.83. The fraction of sp³-hybridized carbons (Fsp3) is 0.478. The molecular weight excluding hydrogens is 378 g/mol. The zero-order valence-corrected chi connectivity index (χ0v) is 17.8. The van der Waals surface area contributed by atoms with Crippen molar-refractivity contribution in [2.45, 2.75) is 59.2 Å². The molecule has 3 aromatic heterocycles. The van der Waals surface area contributed by atoms with E-state index < -0.39 is 0 Å². The maximum absolute atomic E-state index is 13.6. The van der Waals surface area contributed by atoms with E-state index in [2.05, 4.69) is 13.8 Å². The van der Waals surface area contributed by atoms with Crippen LogP contribution in [-0.2, 0) is 17.8 Å². The summed E-state index contributed by atoms with van der Waals surface area (Å²) in [6.45, 7) is 8.31. The number of aromatic nitrogens is 5. The van der Waals surface area contributed by atoms with Crippen LogP contribution in [0.25, 0.3) is 33.2 Å². The standard InChI is InChI=1S/C23H27N5O2/c1-14(2)10-11-27-15(3)24-21-19(23(27)29)20-22(28(21)13-16-7-6-12-30-16)26-18-9-5-4-8-17(18)25-20/h4-5,8-9,14,16H,6-7,10-13H2,1-3H3/t16-/m0/s1. The van der Waals surface area contributed by atoms with Gasteiger partial charge in [-0.25, -0.2) is 15.0 Å². The molecular formula is C23H27N5O2. The third-order valence-corrected chi connectivity index (χ3v) is 5.98. The van der Waals surface area contributed by atoms with Crippen molar-refractivity contribution in [2.75, 3.05) is 6.61 Å². The first-order valence-corrected chi connectivity index (χ1v) is 10.8. The Morgan fingerprint density at radius 1 is 1.10 bits per heavy atom. The van der Waals surface area contributed by atoms with Crippen LogP contribution >= 0.6 is 0 Å². The summed E-state index contributed by atoms with van der Waals surface area (Å²) >= 11 is 0. The van der Waals surface area contributed by atoms with Crippen LogP contribution in [-0.4, -0.2) is 36.8 Å². The SMILES string of the molecule is Cc1nc2c(c(=O)n1CCC(C)C)c1nc3ccccc3nc1n2C[C@@H]1CCCO1. The number of para-hydroxylation sites is 2. The number of hydrogen-bond donors (Lipinski definition) is 0. The van der Waals surface area contributed by atoms with E-state index in [1.807, 2.05) is 35.8 Å². The first-order valence-electron chi connectivity index (χ1n) is 10.8. The van der Waals surface area contributed by atoms with Gasteiger partial charge in [0.2, 0.25) is 0 Å². The van der Waals surface area contributed by atoms with Crippen molar-refractivity contribution in [1.82, 2.24) is 24.1 Å². The second-order valence-corrected chi connectivity index (χ2v) is 8.63. The quantitative estimate of drug-likeness (QED) is 0.504. The number of aryl methyl sites for hydroxylation is 1. The summed E-state index contributed by atoms with van der Waals surface area (Å²) < 4.78 is 9.71. The molecule has 0 spiro atoms. The van der Waals surface area contributed by atoms with Crippen molar-refractivity contribution in [3.05, 3.63) is 40.4 Å². The second kappa shape index (κ2) is 7.47. The van der Waals surface area contributed by atoms with Crippen LogP contribution in [0.1, 0.15) is 38.9 Å². The van der Waals surface area contributed by atoms with Crippen molar-refractivity contribution in [3.8, 4) is 0 Å². The second-order valence-electron chi connectivity index (χ2n) is 8.63. The topological polar surface area (TPSA) is 74.8 Å². The summed E-state index contributed by atoms with van der Waals surface area (Å²) in [5.74, 6) is 1.24. The van der Waals surface area contributed by atoms with Gasteiger partial charge in [-0.1, -0.05) is 26.0 Å². The summed E-state index contributed by atoms with van der Waals surface area (Å²) in [4.78, 5) is 28.2. The third-order valence-electron chi connectivity index (χ3n) is 5.98. The lowest BCUT2D eigenvalue weighted by Crippen LogP contribution is -2.25. The summed E-state index contributed by atoms with van der Waals surface area (Å²) in [6.07, 6.45) is 3.11. The number of hydrogen-bond acceptors (Lipinski definition) is 5. The molecule has 0 bridgehead atoms. The van der Waals surface area contributed by atoms with Gasteiger partial charge in [0.05, 0.1) is 23.7 Å². The highest BCUT2D eigenvalue weighted by molar-refractivity contribution is 6.04. The predicted molar refractivity (Wildman–Crippen MR) is 118 cm³/mol. The summed E-state index contributed by atoms with van der Waals surface area (Å²) in [6, 6.07) is 7.79. The van der Waals surface area contributed by atoms with E-state index in [1.165, 1.54) is 0 Å². The van der Waals surface area contributed by atoms with Gasteiger partial charge in [-0.05, 0) is 44.2 Å². The van der Waals surface area contributed by atoms with Crippen molar-refractivity contribution in [1.29, 1.82) is 0 Å². The van der Waals surface area contributed by atoms with Gasteiger partial charge in [-0.2, -0.15) is 0 Å². The number of rotatable bonds is 5. The molecule has 0 aliphatic carbocycles. The van der Waals surface area contributed by atoms with Crippen LogP contribution in [0.5, 0.6) is 0 Å². The van der Waals surface area contributed by atoms with Gasteiger partial charge >= 0.3 is 0 Å². The molecule has 4 aromatic rings. The lowest BCUT2D eigenvalue weighted by atomic mass is 10.1. The molecule has 0 amide bonds. The Bertz CT molecular complexity index is 1300. The zero-order chi connectivity index (χ0) is 20.8. The molecule has 30 heavy (non-hydrogen) atoms. The van der Waals surface area contributed by atoms with Crippen LogP contribution in [0, 0.1) is 12.8 Å². The Morgan fingerprint density at radius 2 is 1.87 bits per heavy atom. The maximum atomic E-state index is 13.6. The van der Waals surface area contributed by atoms with E-state index in [0.29, 0.717) is 41.2 Å². The Hall–Kier alpha value is -2.80. The van der Waals surface area contributed by atoms with Gasteiger partial charge < -0.3 is 9.30 Å². The van der Waals surface area contributed by atoms with E-state index in [0.717, 1.165) is 42.7 Å². The van der Waals surface area contributed by atoms with E-state index in [9.17, 15) is 4.79 Å². The number of fused-ring (bicyclic) bond motifs is 4. The minimum absolute atomic E-state index is 0.0289. The minimum Gasteiger partial charge on any atom is -0.376 e. The fourth-order valence-corrected chi connectivity index (χ4v) is 4.31. The Balaban J connectivity index is 1.80. The number of ether oxygens (including phenoxy) is 1. The molecule has 1 aromatic carbocycles. The molecule has 0 unspecified atom stereocenters. The highest BCUT2D eigenvalue weighted by Gasteiger charge is 2.24. The van der Waals surface area contributed by atoms with Crippen LogP contribution in [0.15, 0.2) is 29.1 Å². The van der Waals surface area contributed by atoms with Crippen LogP contribution < -0.4 is 5.56 Å². The van der Waals surface area contributed by atoms with Crippen molar-refractivity contribution >= 4 is 33.2 Å². The van der Waals surface area contributed by atoms with Crippen molar-refractivity contribution in [2.24, 2.45) is 5.92 Å². The normalized spacial score (nSPS) is 17.1. The van der Waals surface area contributed by atoms with Gasteiger partial charge in [-0.15, -0.1) is 0 Å². The van der Waals surface area contributed by atoms with E-state index in [1.54, 1.807) is 4.57 Å². The Morgan fingerprint density at radius 3 is 2.57 bits per heavy atom. The van der Waals surface area contributed by atoms with Gasteiger partial charge in [0, 0.05) is 13.2 Å². The molecule has 5 rings (SSSR count). The maximum Gasteiger partial charge on any atom is 0.265 e. The average Bonchev–Trinajstić information content (AvgIpc) is 3.33. The molecule has 1 aliphatic rings. The Kier molecular flexibility index (Phi) is 4.77. The molecule has 1 aliphatic heterocycles. The smallest absolute Gasteiger partial charge is 0.265 e. The van der Waals surface area contributed by atoms with Crippen LogP contribution in [0.2, 0.25) is 0 Å². The van der Waals surface area contributed by atoms with E-state index >= 15 is 0 Å². The molecule has 1 fully saturated rings. The summed E-state index contributed by atoms with van der Waals surface area (Å²) in [5.41, 5.74) is 3.59. The van der Waals surface area contributed by atoms with Crippen molar-refractivity contribution in [3.63, 3.8) is 0 Å². The third kappa shape index (κ3) is 3.17. The number of benzene rings is 1. The molecule has 7 nitrogen and oxygen atoms in total. The first kappa shape index (κ1) is 19.2. The monoisotopic (exact) mass is 405 g/mol. The van der Waals surface area contributed by atoms with Gasteiger partial charge in [0.25, 0.3) is 5.56 Å². The summed E-state index contributed by atoms with van der Waals surface area (Å²) in [7, 11) is 0.